The maximum absolute atomic E-state index is 12.7. The normalized spacial score (nSPS) is 20.9. The molecule has 5 heteroatoms. The first kappa shape index (κ1) is 18.5. The summed E-state index contributed by atoms with van der Waals surface area (Å²) in [5, 5.41) is 3.64. The quantitative estimate of drug-likeness (QED) is 0.862. The van der Waals surface area contributed by atoms with Gasteiger partial charge in [0.1, 0.15) is 0 Å². The molecule has 1 heterocycles. The van der Waals surface area contributed by atoms with Crippen LogP contribution >= 0.6 is 11.6 Å². The summed E-state index contributed by atoms with van der Waals surface area (Å²) in [4.78, 5) is 17.7. The van der Waals surface area contributed by atoms with E-state index in [1.54, 1.807) is 12.1 Å². The van der Waals surface area contributed by atoms with Gasteiger partial charge in [-0.3, -0.25) is 9.69 Å². The zero-order chi connectivity index (χ0) is 18.8. The summed E-state index contributed by atoms with van der Waals surface area (Å²) in [7, 11) is 2.19. The average molecular weight is 384 g/mol. The molecule has 2 aromatic rings. The number of hydrogen-bond donors (Lipinski definition) is 1. The van der Waals surface area contributed by atoms with Crippen LogP contribution in [-0.2, 0) is 6.42 Å². The van der Waals surface area contributed by atoms with E-state index >= 15 is 0 Å². The Morgan fingerprint density at radius 2 is 1.81 bits per heavy atom. The maximum Gasteiger partial charge on any atom is 0.255 e. The molecule has 142 valence electrons. The molecule has 0 bridgehead atoms. The highest BCUT2D eigenvalue weighted by Crippen LogP contribution is 2.35. The predicted molar refractivity (Wildman–Crippen MR) is 111 cm³/mol. The van der Waals surface area contributed by atoms with Gasteiger partial charge < -0.3 is 10.2 Å². The average Bonchev–Trinajstić information content (AvgIpc) is 2.69. The molecule has 1 aliphatic carbocycles. The smallest absolute Gasteiger partial charge is 0.255 e. The number of aryl methyl sites for hydroxylation is 1. The molecule has 1 atom stereocenters. The number of likely N-dealkylation sites (N-methyl/N-ethyl adjacent to an activating group) is 1. The number of carbonyl (C=O) groups excluding carboxylic acids is 1. The first-order valence-corrected chi connectivity index (χ1v) is 10.1. The third-order valence-corrected chi connectivity index (χ3v) is 6.02. The minimum absolute atomic E-state index is 0.0668. The van der Waals surface area contributed by atoms with Crippen LogP contribution < -0.4 is 5.32 Å². The molecule has 1 amide bonds. The number of anilines is 1. The fourth-order valence-corrected chi connectivity index (χ4v) is 4.29. The summed E-state index contributed by atoms with van der Waals surface area (Å²) < 4.78 is 0. The van der Waals surface area contributed by atoms with Gasteiger partial charge in [-0.05, 0) is 73.8 Å². The van der Waals surface area contributed by atoms with Crippen LogP contribution in [0.25, 0.3) is 0 Å². The van der Waals surface area contributed by atoms with Gasteiger partial charge in [0, 0.05) is 48.5 Å². The molecule has 4 nitrogen and oxygen atoms in total. The minimum atomic E-state index is -0.0668. The van der Waals surface area contributed by atoms with Gasteiger partial charge in [-0.2, -0.15) is 0 Å². The fraction of sp³-hybridized carbons (Fsp3) is 0.409. The minimum Gasteiger partial charge on any atom is -0.322 e. The van der Waals surface area contributed by atoms with Crippen molar-refractivity contribution in [3.63, 3.8) is 0 Å². The van der Waals surface area contributed by atoms with Crippen molar-refractivity contribution in [2.75, 3.05) is 38.5 Å². The van der Waals surface area contributed by atoms with Gasteiger partial charge in [-0.25, -0.2) is 0 Å². The van der Waals surface area contributed by atoms with Gasteiger partial charge in [0.05, 0.1) is 0 Å². The second-order valence-corrected chi connectivity index (χ2v) is 8.06. The Labute approximate surface area is 166 Å². The summed E-state index contributed by atoms with van der Waals surface area (Å²) in [5.41, 5.74) is 4.23. The highest BCUT2D eigenvalue weighted by Gasteiger charge is 2.28. The summed E-state index contributed by atoms with van der Waals surface area (Å²) in [6.07, 6.45) is 3.51. The number of nitrogens with one attached hydrogen (secondary N) is 1. The second kappa shape index (κ2) is 8.01. The summed E-state index contributed by atoms with van der Waals surface area (Å²) in [6, 6.07) is 13.9. The number of nitrogens with zero attached hydrogens (tertiary/aromatic N) is 2. The zero-order valence-electron chi connectivity index (χ0n) is 15.7. The Bertz CT molecular complexity index is 813. The number of halogens is 1. The molecule has 1 fully saturated rings. The molecule has 2 aliphatic rings. The molecule has 0 spiro atoms. The number of rotatable bonds is 3. The van der Waals surface area contributed by atoms with Crippen molar-refractivity contribution in [1.29, 1.82) is 0 Å². The first-order valence-electron chi connectivity index (χ1n) is 9.72. The van der Waals surface area contributed by atoms with Crippen LogP contribution in [0.3, 0.4) is 0 Å². The number of fused-ring (bicyclic) bond motifs is 1. The third kappa shape index (κ3) is 4.18. The van der Waals surface area contributed by atoms with Crippen molar-refractivity contribution in [3.8, 4) is 0 Å². The van der Waals surface area contributed by atoms with E-state index in [-0.39, 0.29) is 5.91 Å². The van der Waals surface area contributed by atoms with Crippen molar-refractivity contribution in [1.82, 2.24) is 9.80 Å². The lowest BCUT2D eigenvalue weighted by Gasteiger charge is -2.40. The van der Waals surface area contributed by atoms with Gasteiger partial charge in [0.2, 0.25) is 0 Å². The van der Waals surface area contributed by atoms with Crippen LogP contribution in [0.15, 0.2) is 42.5 Å². The SMILES string of the molecule is CN1CCN(C2CCCc3ccc(C(=O)Nc4ccc(Cl)cc4)cc32)CC1. The Balaban J connectivity index is 1.54. The monoisotopic (exact) mass is 383 g/mol. The van der Waals surface area contributed by atoms with E-state index in [0.717, 1.165) is 43.9 Å². The van der Waals surface area contributed by atoms with Crippen molar-refractivity contribution >= 4 is 23.2 Å². The molecule has 0 radical (unpaired) electrons. The summed E-state index contributed by atoms with van der Waals surface area (Å²) in [5.74, 6) is -0.0668. The van der Waals surface area contributed by atoms with E-state index < -0.39 is 0 Å². The second-order valence-electron chi connectivity index (χ2n) is 7.62. The molecule has 2 aromatic carbocycles. The number of hydrogen-bond acceptors (Lipinski definition) is 3. The zero-order valence-corrected chi connectivity index (χ0v) is 16.5. The van der Waals surface area contributed by atoms with E-state index in [2.05, 4.69) is 34.3 Å². The van der Waals surface area contributed by atoms with Gasteiger partial charge in [-0.15, -0.1) is 0 Å². The van der Waals surface area contributed by atoms with E-state index in [9.17, 15) is 4.79 Å². The van der Waals surface area contributed by atoms with Crippen LogP contribution in [0, 0.1) is 0 Å². The third-order valence-electron chi connectivity index (χ3n) is 5.77. The van der Waals surface area contributed by atoms with Crippen molar-refractivity contribution < 1.29 is 4.79 Å². The van der Waals surface area contributed by atoms with Gasteiger partial charge in [0.15, 0.2) is 0 Å². The lowest BCUT2D eigenvalue weighted by molar-refractivity contribution is 0.101. The number of amides is 1. The molecule has 1 saturated heterocycles. The highest BCUT2D eigenvalue weighted by molar-refractivity contribution is 6.30. The number of benzene rings is 2. The van der Waals surface area contributed by atoms with Crippen molar-refractivity contribution in [2.45, 2.75) is 25.3 Å². The lowest BCUT2D eigenvalue weighted by Crippen LogP contribution is -2.46. The Kier molecular flexibility index (Phi) is 5.48. The Morgan fingerprint density at radius 1 is 1.07 bits per heavy atom. The van der Waals surface area contributed by atoms with Crippen molar-refractivity contribution in [2.24, 2.45) is 0 Å². The van der Waals surface area contributed by atoms with Crippen LogP contribution in [0.5, 0.6) is 0 Å². The van der Waals surface area contributed by atoms with E-state index in [4.69, 9.17) is 11.6 Å². The van der Waals surface area contributed by atoms with E-state index in [0.29, 0.717) is 11.1 Å². The Hall–Kier alpha value is -1.88. The van der Waals surface area contributed by atoms with Gasteiger partial charge >= 0.3 is 0 Å². The summed E-state index contributed by atoms with van der Waals surface area (Å²) in [6.45, 7) is 4.43. The Morgan fingerprint density at radius 3 is 2.56 bits per heavy atom. The standard InChI is InChI=1S/C22H26ClN3O/c1-25-11-13-26(14-12-25)21-4-2-3-16-5-6-17(15-20(16)21)22(27)24-19-9-7-18(23)8-10-19/h5-10,15,21H,2-4,11-14H2,1H3,(H,24,27). The van der Waals surface area contributed by atoms with Crippen LogP contribution in [-0.4, -0.2) is 48.9 Å². The van der Waals surface area contributed by atoms with Gasteiger partial charge in [0.25, 0.3) is 5.91 Å². The molecule has 27 heavy (non-hydrogen) atoms. The number of carbonyl (C=O) groups is 1. The molecule has 0 aromatic heterocycles. The molecular formula is C22H26ClN3O. The molecule has 1 aliphatic heterocycles. The molecule has 1 unspecified atom stereocenters. The van der Waals surface area contributed by atoms with E-state index in [1.807, 2.05) is 18.2 Å². The predicted octanol–water partition coefficient (Wildman–Crippen LogP) is 4.22. The van der Waals surface area contributed by atoms with Gasteiger partial charge in [-0.1, -0.05) is 17.7 Å². The first-order chi connectivity index (χ1) is 13.1. The molecule has 1 N–H and O–H groups in total. The van der Waals surface area contributed by atoms with Crippen LogP contribution in [0.4, 0.5) is 5.69 Å². The van der Waals surface area contributed by atoms with Crippen LogP contribution in [0.1, 0.15) is 40.4 Å². The molecular weight excluding hydrogens is 358 g/mol. The highest BCUT2D eigenvalue weighted by atomic mass is 35.5. The number of piperazine rings is 1. The molecule has 0 saturated carbocycles. The van der Waals surface area contributed by atoms with E-state index in [1.165, 1.54) is 24.0 Å². The lowest BCUT2D eigenvalue weighted by atomic mass is 9.85. The van der Waals surface area contributed by atoms with Crippen LogP contribution in [0.2, 0.25) is 5.02 Å². The van der Waals surface area contributed by atoms with Crippen molar-refractivity contribution in [3.05, 3.63) is 64.2 Å². The maximum atomic E-state index is 12.7. The topological polar surface area (TPSA) is 35.6 Å². The molecule has 4 rings (SSSR count). The summed E-state index contributed by atoms with van der Waals surface area (Å²) >= 11 is 5.92. The fourth-order valence-electron chi connectivity index (χ4n) is 4.16. The largest absolute Gasteiger partial charge is 0.322 e.